The first-order chi connectivity index (χ1) is 15.6. The van der Waals surface area contributed by atoms with E-state index in [0.717, 1.165) is 18.0 Å². The van der Waals surface area contributed by atoms with Crippen molar-refractivity contribution >= 4 is 62.2 Å². The van der Waals surface area contributed by atoms with Gasteiger partial charge in [-0.05, 0) is 37.2 Å². The van der Waals surface area contributed by atoms with E-state index >= 15 is 0 Å². The summed E-state index contributed by atoms with van der Waals surface area (Å²) in [4.78, 5) is 14.7. The molecule has 0 aromatic heterocycles. The van der Waals surface area contributed by atoms with E-state index in [9.17, 15) is 18.3 Å². The molecule has 0 bridgehead atoms. The normalized spacial score (nSPS) is 14.9. The highest BCUT2D eigenvalue weighted by Gasteiger charge is 2.29. The molecule has 2 amide bonds. The summed E-state index contributed by atoms with van der Waals surface area (Å²) in [5.74, 6) is -0.752. The lowest BCUT2D eigenvalue weighted by Crippen LogP contribution is -2.38. The second-order valence-electron chi connectivity index (χ2n) is 7.20. The summed E-state index contributed by atoms with van der Waals surface area (Å²) in [7, 11) is -4.22. The van der Waals surface area contributed by atoms with Gasteiger partial charge < -0.3 is 15.6 Å². The number of rotatable bonds is 8. The van der Waals surface area contributed by atoms with Crippen LogP contribution in [0.5, 0.6) is 5.75 Å². The topological polar surface area (TPSA) is 125 Å². The van der Waals surface area contributed by atoms with Gasteiger partial charge in [-0.2, -0.15) is 0 Å². The number of anilines is 2. The first kappa shape index (κ1) is 25.8. The molecule has 0 unspecified atom stereocenters. The molecule has 0 atom stereocenters. The predicted molar refractivity (Wildman–Crippen MR) is 128 cm³/mol. The number of hydrogen-bond acceptors (Lipinski definition) is 6. The highest BCUT2D eigenvalue weighted by molar-refractivity contribution is 7.89. The van der Waals surface area contributed by atoms with Gasteiger partial charge in [0.15, 0.2) is 5.75 Å². The highest BCUT2D eigenvalue weighted by atomic mass is 35.5. The Balaban J connectivity index is 1.87. The van der Waals surface area contributed by atoms with Gasteiger partial charge in [0.05, 0.1) is 39.7 Å². The van der Waals surface area contributed by atoms with Gasteiger partial charge in [0.2, 0.25) is 10.0 Å². The molecule has 13 heteroatoms. The van der Waals surface area contributed by atoms with Crippen LogP contribution in [0, 0.1) is 0 Å². The molecule has 1 saturated heterocycles. The van der Waals surface area contributed by atoms with E-state index in [4.69, 9.17) is 45.3 Å². The zero-order valence-corrected chi connectivity index (χ0v) is 20.5. The van der Waals surface area contributed by atoms with E-state index in [2.05, 4.69) is 9.62 Å². The smallest absolute Gasteiger partial charge is 0.324 e. The Morgan fingerprint density at radius 3 is 2.48 bits per heavy atom. The number of sulfonamides is 1. The molecule has 2 aromatic rings. The number of halogens is 3. The van der Waals surface area contributed by atoms with Crippen LogP contribution in [0.25, 0.3) is 0 Å². The van der Waals surface area contributed by atoms with Crippen molar-refractivity contribution in [2.75, 3.05) is 44.3 Å². The molecule has 0 aliphatic carbocycles. The van der Waals surface area contributed by atoms with Crippen molar-refractivity contribution < 1.29 is 23.1 Å². The maximum Gasteiger partial charge on any atom is 0.324 e. The summed E-state index contributed by atoms with van der Waals surface area (Å²) in [5.41, 5.74) is 5.37. The van der Waals surface area contributed by atoms with E-state index in [-0.39, 0.29) is 33.0 Å². The average molecular weight is 538 g/mol. The fourth-order valence-corrected chi connectivity index (χ4v) is 5.49. The third-order valence-corrected chi connectivity index (χ3v) is 7.78. The van der Waals surface area contributed by atoms with Crippen molar-refractivity contribution in [3.63, 3.8) is 0 Å². The maximum absolute atomic E-state index is 13.0. The van der Waals surface area contributed by atoms with Crippen LogP contribution in [0.2, 0.25) is 15.1 Å². The van der Waals surface area contributed by atoms with E-state index in [1.807, 2.05) is 0 Å². The summed E-state index contributed by atoms with van der Waals surface area (Å²) in [5, 5.41) is 10.8. The van der Waals surface area contributed by atoms with E-state index < -0.39 is 26.7 Å². The minimum atomic E-state index is -4.22. The van der Waals surface area contributed by atoms with Crippen LogP contribution >= 0.6 is 34.8 Å². The lowest BCUT2D eigenvalue weighted by Gasteiger charge is -2.26. The zero-order valence-electron chi connectivity index (χ0n) is 17.4. The van der Waals surface area contributed by atoms with Gasteiger partial charge in [0, 0.05) is 19.6 Å². The van der Waals surface area contributed by atoms with Gasteiger partial charge in [-0.3, -0.25) is 9.80 Å². The SMILES string of the molecule is NC(=O)N(c1ccc(Cl)c(S(=O)(=O)NCCCN2CCOCC2)c1O)c1cccc(Cl)c1Cl. The first-order valence-electron chi connectivity index (χ1n) is 9.98. The second-order valence-corrected chi connectivity index (χ2v) is 10.1. The van der Waals surface area contributed by atoms with Crippen molar-refractivity contribution in [2.45, 2.75) is 11.3 Å². The molecule has 1 fully saturated rings. The molecule has 4 N–H and O–H groups in total. The van der Waals surface area contributed by atoms with Crippen molar-refractivity contribution in [1.82, 2.24) is 9.62 Å². The zero-order chi connectivity index (χ0) is 24.2. The van der Waals surface area contributed by atoms with Gasteiger partial charge in [-0.15, -0.1) is 0 Å². The quantitative estimate of drug-likeness (QED) is 0.442. The molecule has 0 spiro atoms. The molecular weight excluding hydrogens is 515 g/mol. The number of carbonyl (C=O) groups is 1. The van der Waals surface area contributed by atoms with Crippen LogP contribution in [-0.2, 0) is 14.8 Å². The van der Waals surface area contributed by atoms with Crippen LogP contribution in [0.3, 0.4) is 0 Å². The number of aromatic hydroxyl groups is 1. The lowest BCUT2D eigenvalue weighted by atomic mass is 10.2. The fraction of sp³-hybridized carbons (Fsp3) is 0.350. The largest absolute Gasteiger partial charge is 0.504 e. The molecule has 180 valence electrons. The Hall–Kier alpha value is -1.79. The number of benzene rings is 2. The lowest BCUT2D eigenvalue weighted by molar-refractivity contribution is 0.0376. The van der Waals surface area contributed by atoms with Crippen LogP contribution in [0.15, 0.2) is 35.2 Å². The molecule has 1 heterocycles. The summed E-state index contributed by atoms with van der Waals surface area (Å²) >= 11 is 18.4. The first-order valence-corrected chi connectivity index (χ1v) is 12.6. The number of urea groups is 1. The Morgan fingerprint density at radius 1 is 1.12 bits per heavy atom. The van der Waals surface area contributed by atoms with E-state index in [1.165, 1.54) is 30.3 Å². The third-order valence-electron chi connectivity index (χ3n) is 5.01. The number of phenolic OH excluding ortho intramolecular Hbond substituents is 1. The Bertz CT molecular complexity index is 1130. The number of hydrogen-bond donors (Lipinski definition) is 3. The molecule has 1 aliphatic rings. The molecule has 0 saturated carbocycles. The fourth-order valence-electron chi connectivity index (χ4n) is 3.41. The number of ether oxygens (including phenoxy) is 1. The molecule has 0 radical (unpaired) electrons. The summed E-state index contributed by atoms with van der Waals surface area (Å²) < 4.78 is 33.6. The third kappa shape index (κ3) is 6.02. The van der Waals surface area contributed by atoms with Crippen molar-refractivity contribution in [2.24, 2.45) is 5.73 Å². The van der Waals surface area contributed by atoms with E-state index in [0.29, 0.717) is 26.2 Å². The number of morpholine rings is 1. The number of nitrogens with one attached hydrogen (secondary N) is 1. The van der Waals surface area contributed by atoms with Gasteiger partial charge in [0.25, 0.3) is 0 Å². The second kappa shape index (κ2) is 11.1. The Kier molecular flexibility index (Phi) is 8.68. The molecule has 1 aliphatic heterocycles. The Labute approximate surface area is 207 Å². The van der Waals surface area contributed by atoms with Crippen molar-refractivity contribution in [3.05, 3.63) is 45.4 Å². The monoisotopic (exact) mass is 536 g/mol. The standard InChI is InChI=1S/C20H23Cl3N4O5S/c21-13-3-1-4-15(17(13)23)27(20(24)29)16-6-5-14(22)19(18(16)28)33(30,31)25-7-2-8-26-9-11-32-12-10-26/h1,3-6,25,28H,2,7-12H2,(H2,24,29). The van der Waals surface area contributed by atoms with Crippen LogP contribution in [0.1, 0.15) is 6.42 Å². The number of nitrogens with two attached hydrogens (primary N) is 1. The highest BCUT2D eigenvalue weighted by Crippen LogP contribution is 2.44. The Morgan fingerprint density at radius 2 is 1.82 bits per heavy atom. The molecule has 2 aromatic carbocycles. The van der Waals surface area contributed by atoms with Gasteiger partial charge in [-0.25, -0.2) is 17.9 Å². The number of carbonyl (C=O) groups excluding carboxylic acids is 1. The van der Waals surface area contributed by atoms with Gasteiger partial charge >= 0.3 is 6.03 Å². The number of primary amides is 1. The van der Waals surface area contributed by atoms with Gasteiger partial charge in [-0.1, -0.05) is 40.9 Å². The molecule has 33 heavy (non-hydrogen) atoms. The summed E-state index contributed by atoms with van der Waals surface area (Å²) in [6, 6.07) is 5.97. The van der Waals surface area contributed by atoms with E-state index in [1.54, 1.807) is 0 Å². The predicted octanol–water partition coefficient (Wildman–Crippen LogP) is 3.57. The van der Waals surface area contributed by atoms with Crippen molar-refractivity contribution in [1.29, 1.82) is 0 Å². The summed E-state index contributed by atoms with van der Waals surface area (Å²) in [6.45, 7) is 3.69. The van der Waals surface area contributed by atoms with Crippen LogP contribution in [-0.4, -0.2) is 63.8 Å². The molecular formula is C20H23Cl3N4O5S. The van der Waals surface area contributed by atoms with Crippen LogP contribution in [0.4, 0.5) is 16.2 Å². The number of nitrogens with zero attached hydrogens (tertiary/aromatic N) is 2. The number of amides is 2. The number of phenols is 1. The molecule has 3 rings (SSSR count). The summed E-state index contributed by atoms with van der Waals surface area (Å²) in [6.07, 6.45) is 0.544. The molecule has 9 nitrogen and oxygen atoms in total. The maximum atomic E-state index is 13.0. The minimum absolute atomic E-state index is 0.00189. The van der Waals surface area contributed by atoms with Crippen molar-refractivity contribution in [3.8, 4) is 5.75 Å². The van der Waals surface area contributed by atoms with Crippen LogP contribution < -0.4 is 15.4 Å². The van der Waals surface area contributed by atoms with Gasteiger partial charge in [0.1, 0.15) is 4.90 Å². The average Bonchev–Trinajstić information content (AvgIpc) is 2.76. The minimum Gasteiger partial charge on any atom is -0.504 e.